The number of anilines is 1. The highest BCUT2D eigenvalue weighted by molar-refractivity contribution is 7.92. The van der Waals surface area contributed by atoms with E-state index in [0.717, 1.165) is 11.3 Å². The Morgan fingerprint density at radius 2 is 1.94 bits per heavy atom. The first-order chi connectivity index (χ1) is 15.1. The van der Waals surface area contributed by atoms with E-state index in [2.05, 4.69) is 21.5 Å². The summed E-state index contributed by atoms with van der Waals surface area (Å²) in [7, 11) is -2.76. The number of aromatic carboxylic acids is 1. The first-order valence-electron chi connectivity index (χ1n) is 8.93. The molecule has 32 heavy (non-hydrogen) atoms. The molecule has 164 valence electrons. The number of carboxylic acids is 1. The number of carbonyl (C=O) groups is 2. The normalized spacial score (nSPS) is 10.7. The third-order valence-electron chi connectivity index (χ3n) is 4.26. The second-order valence-corrected chi connectivity index (χ2v) is 8.95. The van der Waals surface area contributed by atoms with Crippen molar-refractivity contribution in [1.29, 1.82) is 0 Å². The molecule has 1 amide bonds. The molecular weight excluding hydrogens is 454 g/mol. The Morgan fingerprint density at radius 3 is 2.56 bits per heavy atom. The number of methoxy groups -OCH3 is 1. The molecule has 0 saturated carbocycles. The van der Waals surface area contributed by atoms with Crippen LogP contribution in [0.25, 0.3) is 0 Å². The number of sulfonamides is 1. The molecular formula is C21H17N3O6S2. The van der Waals surface area contributed by atoms with E-state index in [1.54, 1.807) is 25.1 Å². The van der Waals surface area contributed by atoms with E-state index < -0.39 is 21.9 Å². The van der Waals surface area contributed by atoms with Gasteiger partial charge in [-0.15, -0.1) is 11.3 Å². The van der Waals surface area contributed by atoms with Gasteiger partial charge < -0.3 is 15.6 Å². The third-order valence-corrected chi connectivity index (χ3v) is 6.41. The maximum absolute atomic E-state index is 12.7. The van der Waals surface area contributed by atoms with Gasteiger partial charge in [0.2, 0.25) is 5.91 Å². The fourth-order valence-electron chi connectivity index (χ4n) is 2.69. The summed E-state index contributed by atoms with van der Waals surface area (Å²) in [6, 6.07) is 8.68. The van der Waals surface area contributed by atoms with E-state index in [1.165, 1.54) is 30.7 Å². The molecule has 0 radical (unpaired) electrons. The van der Waals surface area contributed by atoms with Crippen LogP contribution in [0.15, 0.2) is 46.8 Å². The zero-order valence-electron chi connectivity index (χ0n) is 16.9. The van der Waals surface area contributed by atoms with Gasteiger partial charge in [0, 0.05) is 16.5 Å². The van der Waals surface area contributed by atoms with E-state index in [4.69, 9.17) is 15.6 Å². The minimum absolute atomic E-state index is 0.0462. The molecule has 2 aromatic carbocycles. The third kappa shape index (κ3) is 5.05. The molecule has 0 aliphatic rings. The highest BCUT2D eigenvalue weighted by Gasteiger charge is 2.20. The average Bonchev–Trinajstić information content (AvgIpc) is 3.22. The van der Waals surface area contributed by atoms with Gasteiger partial charge in [-0.05, 0) is 54.8 Å². The first-order valence-corrected chi connectivity index (χ1v) is 11.3. The topological polar surface area (TPSA) is 149 Å². The number of nitrogens with zero attached hydrogens (tertiary/aromatic N) is 1. The molecule has 9 nitrogen and oxygen atoms in total. The Bertz CT molecular complexity index is 1380. The number of primary amides is 1. The van der Waals surface area contributed by atoms with Crippen LogP contribution < -0.4 is 15.2 Å². The van der Waals surface area contributed by atoms with Gasteiger partial charge in [0.05, 0.1) is 18.4 Å². The Labute approximate surface area is 187 Å². The van der Waals surface area contributed by atoms with Crippen LogP contribution in [-0.2, 0) is 10.0 Å². The van der Waals surface area contributed by atoms with Crippen molar-refractivity contribution >= 4 is 38.9 Å². The molecule has 3 rings (SSSR count). The van der Waals surface area contributed by atoms with Gasteiger partial charge in [0.25, 0.3) is 10.0 Å². The second-order valence-electron chi connectivity index (χ2n) is 6.46. The smallest absolute Gasteiger partial charge is 0.335 e. The van der Waals surface area contributed by atoms with Crippen molar-refractivity contribution in [3.8, 4) is 17.6 Å². The van der Waals surface area contributed by atoms with E-state index >= 15 is 0 Å². The van der Waals surface area contributed by atoms with Gasteiger partial charge >= 0.3 is 5.97 Å². The summed E-state index contributed by atoms with van der Waals surface area (Å²) >= 11 is 1.05. The van der Waals surface area contributed by atoms with Crippen LogP contribution in [-0.4, -0.2) is 37.5 Å². The van der Waals surface area contributed by atoms with E-state index in [0.29, 0.717) is 16.7 Å². The van der Waals surface area contributed by atoms with E-state index in [1.807, 2.05) is 0 Å². The number of nitrogens with one attached hydrogen (secondary N) is 1. The van der Waals surface area contributed by atoms with E-state index in [-0.39, 0.29) is 27.0 Å². The monoisotopic (exact) mass is 471 g/mol. The number of aromatic nitrogens is 1. The number of hydrogen-bond acceptors (Lipinski definition) is 7. The fourth-order valence-corrected chi connectivity index (χ4v) is 4.70. The molecule has 0 bridgehead atoms. The van der Waals surface area contributed by atoms with Gasteiger partial charge in [-0.3, -0.25) is 9.52 Å². The standard InChI is InChI=1S/C21H17N3O6S2/c1-12-9-13(3-6-15(12)20(22)25)4-8-18-23-19(11-31-18)32(28,29)24-16-7-5-14(21(26)27)10-17(16)30-2/h3,5-7,9-11,24H,1-2H3,(H2,22,25)(H,26,27). The Kier molecular flexibility index (Phi) is 6.47. The molecule has 0 saturated heterocycles. The number of carbonyl (C=O) groups excluding carboxylic acids is 1. The first kappa shape index (κ1) is 22.8. The second kappa shape index (κ2) is 9.09. The molecule has 3 aromatic rings. The molecule has 0 fully saturated rings. The lowest BCUT2D eigenvalue weighted by Crippen LogP contribution is -2.14. The van der Waals surface area contributed by atoms with Crippen LogP contribution in [0, 0.1) is 18.8 Å². The summed E-state index contributed by atoms with van der Waals surface area (Å²) in [6.07, 6.45) is 0. The SMILES string of the molecule is COc1cc(C(=O)O)ccc1NS(=O)(=O)c1csc(C#Cc2ccc(C(N)=O)c(C)c2)n1. The van der Waals surface area contributed by atoms with Gasteiger partial charge in [0.15, 0.2) is 10.0 Å². The van der Waals surface area contributed by atoms with Gasteiger partial charge in [-0.25, -0.2) is 9.78 Å². The maximum atomic E-state index is 12.7. The Balaban J connectivity index is 1.83. The van der Waals surface area contributed by atoms with Crippen LogP contribution in [0.4, 0.5) is 5.69 Å². The van der Waals surface area contributed by atoms with Crippen molar-refractivity contribution in [3.63, 3.8) is 0 Å². The Morgan fingerprint density at radius 1 is 1.19 bits per heavy atom. The summed E-state index contributed by atoms with van der Waals surface area (Å²) in [6.45, 7) is 1.74. The number of aryl methyl sites for hydroxylation is 1. The zero-order valence-corrected chi connectivity index (χ0v) is 18.5. The molecule has 0 unspecified atom stereocenters. The number of carboxylic acid groups (broad SMARTS) is 1. The average molecular weight is 472 g/mol. The van der Waals surface area contributed by atoms with Gasteiger partial charge in [-0.2, -0.15) is 8.42 Å². The molecule has 0 spiro atoms. The summed E-state index contributed by atoms with van der Waals surface area (Å²) in [5, 5.41) is 10.4. The van der Waals surface area contributed by atoms with Crippen molar-refractivity contribution in [1.82, 2.24) is 4.98 Å². The lowest BCUT2D eigenvalue weighted by Gasteiger charge is -2.11. The summed E-state index contributed by atoms with van der Waals surface area (Å²) in [4.78, 5) is 26.4. The molecule has 0 atom stereocenters. The number of amides is 1. The number of benzene rings is 2. The zero-order chi connectivity index (χ0) is 23.5. The minimum Gasteiger partial charge on any atom is -0.495 e. The van der Waals surface area contributed by atoms with Gasteiger partial charge in [0.1, 0.15) is 5.75 Å². The van der Waals surface area contributed by atoms with Crippen LogP contribution in [0.2, 0.25) is 0 Å². The molecule has 1 aromatic heterocycles. The molecule has 11 heteroatoms. The molecule has 0 aliphatic heterocycles. The summed E-state index contributed by atoms with van der Waals surface area (Å²) < 4.78 is 32.8. The van der Waals surface area contributed by atoms with Gasteiger partial charge in [-0.1, -0.05) is 5.92 Å². The molecule has 4 N–H and O–H groups in total. The highest BCUT2D eigenvalue weighted by atomic mass is 32.2. The van der Waals surface area contributed by atoms with Crippen molar-refractivity contribution < 1.29 is 27.9 Å². The largest absolute Gasteiger partial charge is 0.495 e. The van der Waals surface area contributed by atoms with Crippen LogP contribution >= 0.6 is 11.3 Å². The lowest BCUT2D eigenvalue weighted by atomic mass is 10.1. The van der Waals surface area contributed by atoms with Crippen LogP contribution in [0.5, 0.6) is 5.75 Å². The number of rotatable bonds is 6. The lowest BCUT2D eigenvalue weighted by molar-refractivity contribution is 0.0696. The highest BCUT2D eigenvalue weighted by Crippen LogP contribution is 2.28. The fraction of sp³-hybridized carbons (Fsp3) is 0.0952. The Hall–Kier alpha value is -3.88. The maximum Gasteiger partial charge on any atom is 0.335 e. The van der Waals surface area contributed by atoms with Crippen LogP contribution in [0.1, 0.15) is 36.9 Å². The molecule has 0 aliphatic carbocycles. The minimum atomic E-state index is -4.06. The van der Waals surface area contributed by atoms with Crippen molar-refractivity contribution in [2.45, 2.75) is 11.9 Å². The number of ether oxygens (including phenoxy) is 1. The predicted octanol–water partition coefficient (Wildman–Crippen LogP) is 2.46. The number of nitrogens with two attached hydrogens (primary N) is 1. The number of hydrogen-bond donors (Lipinski definition) is 3. The van der Waals surface area contributed by atoms with Crippen molar-refractivity contribution in [3.05, 3.63) is 69.0 Å². The number of thiazole rings is 1. The quantitative estimate of drug-likeness (QED) is 0.468. The summed E-state index contributed by atoms with van der Waals surface area (Å²) in [5.74, 6) is 4.03. The van der Waals surface area contributed by atoms with E-state index in [9.17, 15) is 18.0 Å². The van der Waals surface area contributed by atoms with Crippen molar-refractivity contribution in [2.75, 3.05) is 11.8 Å². The van der Waals surface area contributed by atoms with Crippen molar-refractivity contribution in [2.24, 2.45) is 5.73 Å². The summed E-state index contributed by atoms with van der Waals surface area (Å²) in [5.41, 5.74) is 7.01. The predicted molar refractivity (Wildman–Crippen MR) is 119 cm³/mol. The van der Waals surface area contributed by atoms with Crippen LogP contribution in [0.3, 0.4) is 0 Å². The molecule has 1 heterocycles.